The Balaban J connectivity index is 1.68. The van der Waals surface area contributed by atoms with E-state index in [2.05, 4.69) is 14.9 Å². The van der Waals surface area contributed by atoms with E-state index in [1.54, 1.807) is 6.92 Å². The highest BCUT2D eigenvalue weighted by molar-refractivity contribution is 7.89. The lowest BCUT2D eigenvalue weighted by Gasteiger charge is -2.06. The number of aryl methyl sites for hydroxylation is 1. The molecule has 0 atom stereocenters. The molecule has 0 radical (unpaired) electrons. The van der Waals surface area contributed by atoms with E-state index in [1.807, 2.05) is 29.9 Å². The van der Waals surface area contributed by atoms with Crippen LogP contribution in [0.15, 0.2) is 52.0 Å². The summed E-state index contributed by atoms with van der Waals surface area (Å²) in [6.45, 7) is 1.79. The summed E-state index contributed by atoms with van der Waals surface area (Å²) in [6, 6.07) is 9.12. The molecule has 10 heteroatoms. The summed E-state index contributed by atoms with van der Waals surface area (Å²) in [7, 11) is -1.96. The topological polar surface area (TPSA) is 116 Å². The van der Waals surface area contributed by atoms with Gasteiger partial charge in [-0.15, -0.1) is 0 Å². The van der Waals surface area contributed by atoms with E-state index >= 15 is 0 Å². The molecule has 0 amide bonds. The number of benzene rings is 1. The first kappa shape index (κ1) is 18.8. The number of carbonyl (C=O) groups excluding carboxylic acids is 1. The number of nitrogens with zero attached hydrogens (tertiary/aromatic N) is 3. The van der Waals surface area contributed by atoms with Crippen molar-refractivity contribution in [1.29, 1.82) is 0 Å². The molecule has 142 valence electrons. The first-order chi connectivity index (χ1) is 12.9. The second kappa shape index (κ2) is 7.72. The van der Waals surface area contributed by atoms with Crippen LogP contribution in [0.3, 0.4) is 0 Å². The van der Waals surface area contributed by atoms with Gasteiger partial charge in [0, 0.05) is 13.2 Å². The van der Waals surface area contributed by atoms with E-state index in [0.717, 1.165) is 5.69 Å². The third-order valence-electron chi connectivity index (χ3n) is 3.73. The van der Waals surface area contributed by atoms with Gasteiger partial charge in [-0.3, -0.25) is 0 Å². The van der Waals surface area contributed by atoms with Crippen LogP contribution in [0.1, 0.15) is 23.2 Å². The first-order valence-corrected chi connectivity index (χ1v) is 9.60. The first-order valence-electron chi connectivity index (χ1n) is 8.12. The van der Waals surface area contributed by atoms with Crippen molar-refractivity contribution in [3.05, 3.63) is 54.0 Å². The van der Waals surface area contributed by atoms with Gasteiger partial charge < -0.3 is 13.8 Å². The molecule has 0 aliphatic heterocycles. The molecular weight excluding hydrogens is 372 g/mol. The number of esters is 1. The van der Waals surface area contributed by atoms with E-state index < -0.39 is 16.0 Å². The fourth-order valence-corrected chi connectivity index (χ4v) is 3.32. The van der Waals surface area contributed by atoms with Gasteiger partial charge in [-0.2, -0.15) is 4.98 Å². The van der Waals surface area contributed by atoms with Crippen LogP contribution in [0.5, 0.6) is 0 Å². The van der Waals surface area contributed by atoms with Crippen LogP contribution in [0.25, 0.3) is 11.5 Å². The van der Waals surface area contributed by atoms with Gasteiger partial charge in [0.15, 0.2) is 0 Å². The van der Waals surface area contributed by atoms with E-state index in [-0.39, 0.29) is 29.5 Å². The zero-order valence-electron chi connectivity index (χ0n) is 14.7. The number of sulfonamides is 1. The van der Waals surface area contributed by atoms with E-state index in [0.29, 0.717) is 5.82 Å². The minimum atomic E-state index is -3.80. The highest BCUT2D eigenvalue weighted by Gasteiger charge is 2.18. The highest BCUT2D eigenvalue weighted by Crippen LogP contribution is 2.16. The number of ether oxygens (including phenoxy) is 1. The quantitative estimate of drug-likeness (QED) is 0.611. The third kappa shape index (κ3) is 4.23. The maximum Gasteiger partial charge on any atom is 0.338 e. The number of carbonyl (C=O) groups is 1. The van der Waals surface area contributed by atoms with Crippen molar-refractivity contribution in [2.24, 2.45) is 7.05 Å². The smallest absolute Gasteiger partial charge is 0.338 e. The summed E-state index contributed by atoms with van der Waals surface area (Å²) in [5, 5.41) is 3.85. The standard InChI is InChI=1S/C17H18N4O5S/c1-3-25-17(22)12-6-8-13(9-7-12)27(23,24)18-11-15-19-16(20-26-15)14-5-4-10-21(14)2/h4-10,18H,3,11H2,1-2H3. The molecule has 0 bridgehead atoms. The van der Waals surface area contributed by atoms with Crippen LogP contribution in [0.2, 0.25) is 0 Å². The summed E-state index contributed by atoms with van der Waals surface area (Å²) in [5.41, 5.74) is 1.03. The van der Waals surface area contributed by atoms with Crippen LogP contribution in [0.4, 0.5) is 0 Å². The number of nitrogens with one attached hydrogen (secondary N) is 1. The fraction of sp³-hybridized carbons (Fsp3) is 0.235. The van der Waals surface area contributed by atoms with Crippen molar-refractivity contribution in [1.82, 2.24) is 19.4 Å². The van der Waals surface area contributed by atoms with Gasteiger partial charge in [0.2, 0.25) is 21.7 Å². The molecule has 0 spiro atoms. The van der Waals surface area contributed by atoms with Gasteiger partial charge in [-0.05, 0) is 43.3 Å². The molecule has 2 aromatic heterocycles. The summed E-state index contributed by atoms with van der Waals surface area (Å²) in [6.07, 6.45) is 1.84. The summed E-state index contributed by atoms with van der Waals surface area (Å²) in [4.78, 5) is 15.8. The largest absolute Gasteiger partial charge is 0.462 e. The Labute approximate surface area is 156 Å². The molecule has 0 saturated heterocycles. The van der Waals surface area contributed by atoms with Crippen molar-refractivity contribution >= 4 is 16.0 Å². The zero-order chi connectivity index (χ0) is 19.4. The molecule has 9 nitrogen and oxygen atoms in total. The second-order valence-electron chi connectivity index (χ2n) is 5.59. The van der Waals surface area contributed by atoms with Crippen LogP contribution >= 0.6 is 0 Å². The maximum absolute atomic E-state index is 12.4. The summed E-state index contributed by atoms with van der Waals surface area (Å²) >= 11 is 0. The Kier molecular flexibility index (Phi) is 5.38. The molecule has 1 N–H and O–H groups in total. The molecule has 0 unspecified atom stereocenters. The predicted octanol–water partition coefficient (Wildman–Crippen LogP) is 1.73. The predicted molar refractivity (Wildman–Crippen MR) is 95.1 cm³/mol. The molecule has 3 rings (SSSR count). The molecular formula is C17H18N4O5S. The summed E-state index contributed by atoms with van der Waals surface area (Å²) < 4.78 is 38.9. The van der Waals surface area contributed by atoms with Crippen LogP contribution in [-0.4, -0.2) is 35.7 Å². The number of hydrogen-bond donors (Lipinski definition) is 1. The Morgan fingerprint density at radius 3 is 2.63 bits per heavy atom. The van der Waals surface area contributed by atoms with E-state index in [1.165, 1.54) is 24.3 Å². The lowest BCUT2D eigenvalue weighted by atomic mass is 10.2. The van der Waals surface area contributed by atoms with Crippen molar-refractivity contribution in [3.8, 4) is 11.5 Å². The van der Waals surface area contributed by atoms with Crippen molar-refractivity contribution in [2.75, 3.05) is 6.61 Å². The number of hydrogen-bond acceptors (Lipinski definition) is 7. The second-order valence-corrected chi connectivity index (χ2v) is 7.35. The fourth-order valence-electron chi connectivity index (χ4n) is 2.35. The Hall–Kier alpha value is -2.98. The number of rotatable bonds is 7. The lowest BCUT2D eigenvalue weighted by molar-refractivity contribution is 0.0526. The Morgan fingerprint density at radius 1 is 1.26 bits per heavy atom. The van der Waals surface area contributed by atoms with Gasteiger partial charge in [-0.25, -0.2) is 17.9 Å². The molecule has 0 aliphatic rings. The molecule has 2 heterocycles. The van der Waals surface area contributed by atoms with E-state index in [4.69, 9.17) is 9.26 Å². The van der Waals surface area contributed by atoms with Crippen LogP contribution in [-0.2, 0) is 28.4 Å². The summed E-state index contributed by atoms with van der Waals surface area (Å²) in [5.74, 6) is 0.00174. The molecule has 0 saturated carbocycles. The van der Waals surface area contributed by atoms with Crippen LogP contribution in [0, 0.1) is 0 Å². The average molecular weight is 390 g/mol. The minimum Gasteiger partial charge on any atom is -0.462 e. The van der Waals surface area contributed by atoms with Gasteiger partial charge >= 0.3 is 5.97 Å². The minimum absolute atomic E-state index is 0.0118. The van der Waals surface area contributed by atoms with Crippen molar-refractivity contribution in [3.63, 3.8) is 0 Å². The zero-order valence-corrected chi connectivity index (χ0v) is 15.6. The van der Waals surface area contributed by atoms with Gasteiger partial charge in [0.1, 0.15) is 0 Å². The maximum atomic E-state index is 12.4. The molecule has 0 fully saturated rings. The SMILES string of the molecule is CCOC(=O)c1ccc(S(=O)(=O)NCc2nc(-c3cccn3C)no2)cc1. The van der Waals surface area contributed by atoms with E-state index in [9.17, 15) is 13.2 Å². The van der Waals surface area contributed by atoms with Crippen LogP contribution < -0.4 is 4.72 Å². The molecule has 0 aliphatic carbocycles. The lowest BCUT2D eigenvalue weighted by Crippen LogP contribution is -2.23. The molecule has 3 aromatic rings. The van der Waals surface area contributed by atoms with Gasteiger partial charge in [-0.1, -0.05) is 5.16 Å². The number of aromatic nitrogens is 3. The Morgan fingerprint density at radius 2 is 2.00 bits per heavy atom. The average Bonchev–Trinajstić information content (AvgIpc) is 3.29. The molecule has 27 heavy (non-hydrogen) atoms. The monoisotopic (exact) mass is 390 g/mol. The van der Waals surface area contributed by atoms with Crippen molar-refractivity contribution in [2.45, 2.75) is 18.4 Å². The van der Waals surface area contributed by atoms with Gasteiger partial charge in [0.25, 0.3) is 0 Å². The highest BCUT2D eigenvalue weighted by atomic mass is 32.2. The normalized spacial score (nSPS) is 11.5. The third-order valence-corrected chi connectivity index (χ3v) is 5.15. The van der Waals surface area contributed by atoms with Crippen molar-refractivity contribution < 1.29 is 22.5 Å². The Bertz CT molecular complexity index is 1040. The van der Waals surface area contributed by atoms with Gasteiger partial charge in [0.05, 0.1) is 29.3 Å². The molecule has 1 aromatic carbocycles.